The van der Waals surface area contributed by atoms with Crippen molar-refractivity contribution >= 4 is 46.5 Å². The summed E-state index contributed by atoms with van der Waals surface area (Å²) in [6, 6.07) is 3.54. The predicted octanol–water partition coefficient (Wildman–Crippen LogP) is 0.211. The summed E-state index contributed by atoms with van der Waals surface area (Å²) in [5, 5.41) is 18.7. The summed E-state index contributed by atoms with van der Waals surface area (Å²) in [5.41, 5.74) is 5.07. The van der Waals surface area contributed by atoms with Crippen molar-refractivity contribution < 1.29 is 14.7 Å². The number of carbonyl (C=O) groups excluding carboxylic acids is 1. The molecule has 0 aliphatic rings. The largest absolute Gasteiger partial charge is 0.478 e. The van der Waals surface area contributed by atoms with Gasteiger partial charge in [0, 0.05) is 6.07 Å². The van der Waals surface area contributed by atoms with Crippen LogP contribution in [0.25, 0.3) is 0 Å². The number of aromatic nitrogens is 2. The Morgan fingerprint density at radius 2 is 1.88 bits per heavy atom. The smallest absolute Gasteiger partial charge is 0.337 e. The number of amides is 1. The average molecular weight is 372 g/mol. The number of nitrogens with two attached hydrogens (primary N) is 3. The Hall–Kier alpha value is -2.98. The first-order valence-corrected chi connectivity index (χ1v) is 6.92. The minimum Gasteiger partial charge on any atom is -0.478 e. The molecule has 24 heavy (non-hydrogen) atoms. The summed E-state index contributed by atoms with van der Waals surface area (Å²) >= 11 is 11.6. The van der Waals surface area contributed by atoms with Crippen molar-refractivity contribution in [1.82, 2.24) is 9.89 Å². The highest BCUT2D eigenvalue weighted by molar-refractivity contribution is 6.42. The number of carboxylic acids is 1. The molecule has 2 rings (SSSR count). The molecule has 1 amide bonds. The molecule has 0 radical (unpaired) electrons. The molecule has 0 bridgehead atoms. The average Bonchev–Trinajstić information content (AvgIpc) is 2.51. The zero-order chi connectivity index (χ0) is 18.0. The first-order valence-electron chi connectivity index (χ1n) is 6.17. The Morgan fingerprint density at radius 3 is 2.46 bits per heavy atom. The Balaban J connectivity index is 2.46. The third-order valence-corrected chi connectivity index (χ3v) is 3.61. The molecular formula is C12H11Cl2N7O3. The minimum atomic E-state index is -1.31. The van der Waals surface area contributed by atoms with Gasteiger partial charge in [0.05, 0.1) is 27.0 Å². The van der Waals surface area contributed by atoms with Crippen LogP contribution in [-0.4, -0.2) is 26.9 Å². The molecule has 0 saturated heterocycles. The monoisotopic (exact) mass is 371 g/mol. The highest BCUT2D eigenvalue weighted by Gasteiger charge is 2.19. The fraction of sp³-hybridized carbons (Fsp3) is 0. The molecule has 2 aromatic rings. The number of nitrogens with one attached hydrogen (secondary N) is 1. The van der Waals surface area contributed by atoms with Crippen LogP contribution < -0.4 is 28.2 Å². The van der Waals surface area contributed by atoms with E-state index in [1.807, 2.05) is 0 Å². The molecule has 1 aromatic carbocycles. The number of nitrogen functional groups attached to an aromatic ring is 2. The highest BCUT2D eigenvalue weighted by atomic mass is 35.5. The lowest BCUT2D eigenvalue weighted by Gasteiger charge is -2.11. The van der Waals surface area contributed by atoms with E-state index in [2.05, 4.69) is 15.5 Å². The van der Waals surface area contributed by atoms with Crippen LogP contribution in [0.3, 0.4) is 0 Å². The Labute approximate surface area is 144 Å². The lowest BCUT2D eigenvalue weighted by atomic mass is 10.1. The Kier molecular flexibility index (Phi) is 4.81. The van der Waals surface area contributed by atoms with E-state index < -0.39 is 11.9 Å². The van der Waals surface area contributed by atoms with Crippen LogP contribution in [0, 0.1) is 0 Å². The first-order chi connectivity index (χ1) is 11.2. The number of halogens is 2. The summed E-state index contributed by atoms with van der Waals surface area (Å²) in [6.45, 7) is 0. The van der Waals surface area contributed by atoms with Crippen LogP contribution in [0.2, 0.25) is 10.0 Å². The maximum atomic E-state index is 12.3. The van der Waals surface area contributed by atoms with Gasteiger partial charge >= 0.3 is 5.97 Å². The van der Waals surface area contributed by atoms with E-state index >= 15 is 0 Å². The van der Waals surface area contributed by atoms with Gasteiger partial charge in [0.1, 0.15) is 0 Å². The van der Waals surface area contributed by atoms with Crippen LogP contribution >= 0.6 is 23.2 Å². The van der Waals surface area contributed by atoms with Gasteiger partial charge in [-0.1, -0.05) is 23.2 Å². The number of hydrogen-bond acceptors (Lipinski definition) is 7. The van der Waals surface area contributed by atoms with Gasteiger partial charge in [-0.2, -0.15) is 9.89 Å². The second-order valence-corrected chi connectivity index (χ2v) is 5.27. The lowest BCUT2D eigenvalue weighted by molar-refractivity contribution is 0.0698. The number of aromatic carboxylic acids is 1. The molecular weight excluding hydrogens is 361 g/mol. The van der Waals surface area contributed by atoms with Crippen LogP contribution in [0.5, 0.6) is 0 Å². The van der Waals surface area contributed by atoms with E-state index in [1.54, 1.807) is 0 Å². The second kappa shape index (κ2) is 6.64. The standard InChI is InChI=1S/C12H11Cl2N7O3/c13-5-1-4(12(23)24)8(2-6(5)14)18-11(22)10-7(15)3-9(19-16)21(17)20-10/h1-3H,15-17H2,(H,18,22)(H,23,24)/b19-9-. The second-order valence-electron chi connectivity index (χ2n) is 4.45. The van der Waals surface area contributed by atoms with Crippen molar-refractivity contribution in [2.75, 3.05) is 16.9 Å². The molecule has 10 nitrogen and oxygen atoms in total. The number of benzene rings is 1. The maximum absolute atomic E-state index is 12.3. The first kappa shape index (κ1) is 17.4. The van der Waals surface area contributed by atoms with Gasteiger partial charge in [-0.05, 0) is 12.1 Å². The summed E-state index contributed by atoms with van der Waals surface area (Å²) in [7, 11) is 0. The molecule has 1 heterocycles. The summed E-state index contributed by atoms with van der Waals surface area (Å²) < 4.78 is 0. The molecule has 1 aromatic heterocycles. The van der Waals surface area contributed by atoms with Crippen molar-refractivity contribution in [3.8, 4) is 0 Å². The number of anilines is 2. The number of rotatable bonds is 3. The highest BCUT2D eigenvalue weighted by Crippen LogP contribution is 2.29. The van der Waals surface area contributed by atoms with Gasteiger partial charge in [0.25, 0.3) is 5.91 Å². The van der Waals surface area contributed by atoms with Crippen molar-refractivity contribution in [3.63, 3.8) is 0 Å². The summed E-state index contributed by atoms with van der Waals surface area (Å²) in [6.07, 6.45) is 0. The number of carbonyl (C=O) groups is 2. The molecule has 0 aliphatic heterocycles. The van der Waals surface area contributed by atoms with Crippen molar-refractivity contribution in [1.29, 1.82) is 0 Å². The van der Waals surface area contributed by atoms with E-state index in [4.69, 9.17) is 40.6 Å². The number of carboxylic acid groups (broad SMARTS) is 1. The van der Waals surface area contributed by atoms with Gasteiger partial charge in [-0.3, -0.25) is 4.79 Å². The van der Waals surface area contributed by atoms with Crippen LogP contribution in [-0.2, 0) is 0 Å². The predicted molar refractivity (Wildman–Crippen MR) is 87.9 cm³/mol. The molecule has 0 fully saturated rings. The molecule has 0 saturated carbocycles. The van der Waals surface area contributed by atoms with Gasteiger partial charge < -0.3 is 27.8 Å². The van der Waals surface area contributed by atoms with Crippen LogP contribution in [0.15, 0.2) is 23.3 Å². The van der Waals surface area contributed by atoms with Gasteiger partial charge in [-0.25, -0.2) is 4.79 Å². The quantitative estimate of drug-likeness (QED) is 0.378. The normalized spacial score (nSPS) is 11.3. The molecule has 0 spiro atoms. The third kappa shape index (κ3) is 3.34. The van der Waals surface area contributed by atoms with Gasteiger partial charge in [-0.15, -0.1) is 5.10 Å². The fourth-order valence-corrected chi connectivity index (χ4v) is 2.10. The van der Waals surface area contributed by atoms with Crippen molar-refractivity contribution in [2.45, 2.75) is 0 Å². The van der Waals surface area contributed by atoms with E-state index in [-0.39, 0.29) is 38.2 Å². The van der Waals surface area contributed by atoms with Gasteiger partial charge in [0.2, 0.25) is 0 Å². The van der Waals surface area contributed by atoms with Crippen LogP contribution in [0.1, 0.15) is 20.8 Å². The van der Waals surface area contributed by atoms with Crippen molar-refractivity contribution in [2.24, 2.45) is 10.9 Å². The molecule has 12 heteroatoms. The van der Waals surface area contributed by atoms with E-state index in [0.29, 0.717) is 0 Å². The summed E-state index contributed by atoms with van der Waals surface area (Å²) in [5.74, 6) is 8.49. The van der Waals surface area contributed by atoms with E-state index in [1.165, 1.54) is 12.1 Å². The SMILES string of the molecule is N/N=c1/cc(N)c(C(=O)Nc2cc(Cl)c(Cl)cc2C(=O)O)nn1N. The maximum Gasteiger partial charge on any atom is 0.337 e. The van der Waals surface area contributed by atoms with Crippen molar-refractivity contribution in [3.05, 3.63) is 45.0 Å². The molecule has 126 valence electrons. The lowest BCUT2D eigenvalue weighted by Crippen LogP contribution is -2.34. The number of nitrogens with zero attached hydrogens (tertiary/aromatic N) is 3. The number of hydrogen-bond donors (Lipinski definition) is 5. The third-order valence-electron chi connectivity index (χ3n) is 2.89. The molecule has 0 unspecified atom stereocenters. The van der Waals surface area contributed by atoms with E-state index in [0.717, 1.165) is 10.9 Å². The Bertz CT molecular complexity index is 910. The molecule has 8 N–H and O–H groups in total. The van der Waals surface area contributed by atoms with Gasteiger partial charge in [0.15, 0.2) is 11.2 Å². The van der Waals surface area contributed by atoms with E-state index in [9.17, 15) is 14.7 Å². The molecule has 0 aliphatic carbocycles. The topological polar surface area (TPSA) is 175 Å². The minimum absolute atomic E-state index is 0.0263. The molecule has 0 atom stereocenters. The Morgan fingerprint density at radius 1 is 1.25 bits per heavy atom. The fourth-order valence-electron chi connectivity index (χ4n) is 1.77. The zero-order valence-corrected chi connectivity index (χ0v) is 13.3. The van der Waals surface area contributed by atoms with Crippen LogP contribution in [0.4, 0.5) is 11.4 Å². The summed E-state index contributed by atoms with van der Waals surface area (Å²) in [4.78, 5) is 24.3. The zero-order valence-electron chi connectivity index (χ0n) is 11.8.